The lowest BCUT2D eigenvalue weighted by atomic mass is 10.2. The summed E-state index contributed by atoms with van der Waals surface area (Å²) in [5.41, 5.74) is 7.09. The van der Waals surface area contributed by atoms with Crippen LogP contribution in [-0.2, 0) is 11.5 Å². The topological polar surface area (TPSA) is 132 Å². The van der Waals surface area contributed by atoms with Crippen molar-refractivity contribution in [2.45, 2.75) is 21.8 Å². The second-order valence-electron chi connectivity index (χ2n) is 9.24. The number of pyridine rings is 2. The number of aromatic amines is 2. The summed E-state index contributed by atoms with van der Waals surface area (Å²) < 4.78 is 21.8. The van der Waals surface area contributed by atoms with E-state index in [4.69, 9.17) is 28.9 Å². The summed E-state index contributed by atoms with van der Waals surface area (Å²) in [6.45, 7) is 0. The van der Waals surface area contributed by atoms with Crippen molar-refractivity contribution in [3.8, 4) is 23.0 Å². The lowest BCUT2D eigenvalue weighted by Crippen LogP contribution is -1.97. The molecule has 6 rings (SSSR count). The lowest BCUT2D eigenvalue weighted by Gasteiger charge is -2.10. The van der Waals surface area contributed by atoms with Gasteiger partial charge < -0.3 is 34.2 Å². The van der Waals surface area contributed by atoms with Gasteiger partial charge in [-0.1, -0.05) is 23.5 Å². The smallest absolute Gasteiger partial charge is 0.183 e. The van der Waals surface area contributed by atoms with Gasteiger partial charge in [0, 0.05) is 47.4 Å². The number of nitrogens with one attached hydrogen (secondary N) is 3. The molecule has 0 saturated carbocycles. The van der Waals surface area contributed by atoms with Gasteiger partial charge in [0.15, 0.2) is 33.3 Å². The minimum atomic E-state index is 0.583. The van der Waals surface area contributed by atoms with Crippen molar-refractivity contribution in [3.05, 3.63) is 72.3 Å². The third kappa shape index (κ3) is 6.13. The van der Waals surface area contributed by atoms with Gasteiger partial charge in [-0.25, -0.2) is 9.97 Å². The molecule has 0 radical (unpaired) electrons. The molecule has 6 aromatic rings. The Labute approximate surface area is 256 Å². The van der Waals surface area contributed by atoms with Crippen LogP contribution in [0.1, 0.15) is 11.4 Å². The number of rotatable bonds is 12. The highest BCUT2D eigenvalue weighted by Gasteiger charge is 2.15. The maximum atomic E-state index is 5.50. The third-order valence-corrected chi connectivity index (χ3v) is 8.40. The number of imidazole rings is 2. The standard InChI is InChI=1S/C30H29N7O4S2/c1-38-25-9-11-31-23(27(25)40-3)15-42-29-34-19-7-5-17(13-21(19)36-29)33-18-6-8-20-22(14-18)37-30(35-20)43-16-24-28(41-4)26(39-2)10-12-32-24/h5-14,33H,15-16H2,1-4H3,(H,34,36)(H,35,37). The molecule has 0 aliphatic carbocycles. The van der Waals surface area contributed by atoms with E-state index < -0.39 is 0 Å². The van der Waals surface area contributed by atoms with E-state index in [-0.39, 0.29) is 0 Å². The van der Waals surface area contributed by atoms with Gasteiger partial charge >= 0.3 is 0 Å². The number of methoxy groups -OCH3 is 4. The number of nitrogens with zero attached hydrogens (tertiary/aromatic N) is 4. The number of anilines is 2. The fourth-order valence-electron chi connectivity index (χ4n) is 4.61. The van der Waals surface area contributed by atoms with E-state index in [1.807, 2.05) is 36.4 Å². The van der Waals surface area contributed by atoms with Crippen molar-refractivity contribution in [2.75, 3.05) is 33.8 Å². The maximum Gasteiger partial charge on any atom is 0.183 e. The van der Waals surface area contributed by atoms with Crippen LogP contribution in [0.4, 0.5) is 11.4 Å². The Morgan fingerprint density at radius 2 is 1.09 bits per heavy atom. The number of hydrogen-bond acceptors (Lipinski definition) is 11. The summed E-state index contributed by atoms with van der Waals surface area (Å²) in [6, 6.07) is 15.7. The van der Waals surface area contributed by atoms with Crippen LogP contribution in [0.2, 0.25) is 0 Å². The van der Waals surface area contributed by atoms with Crippen LogP contribution in [0.3, 0.4) is 0 Å². The highest BCUT2D eigenvalue weighted by molar-refractivity contribution is 7.98. The Kier molecular flexibility index (Phi) is 8.43. The van der Waals surface area contributed by atoms with Crippen LogP contribution in [-0.4, -0.2) is 58.3 Å². The Morgan fingerprint density at radius 3 is 1.51 bits per heavy atom. The third-order valence-electron chi connectivity index (χ3n) is 6.63. The predicted octanol–water partition coefficient (Wildman–Crippen LogP) is 6.59. The zero-order chi connectivity index (χ0) is 29.8. The van der Waals surface area contributed by atoms with Gasteiger partial charge in [-0.05, 0) is 36.4 Å². The molecule has 2 aromatic carbocycles. The van der Waals surface area contributed by atoms with Gasteiger partial charge in [0.25, 0.3) is 0 Å². The van der Waals surface area contributed by atoms with Crippen molar-refractivity contribution in [3.63, 3.8) is 0 Å². The van der Waals surface area contributed by atoms with Crippen molar-refractivity contribution >= 4 is 57.0 Å². The number of benzene rings is 2. The zero-order valence-electron chi connectivity index (χ0n) is 23.9. The number of aromatic nitrogens is 6. The summed E-state index contributed by atoms with van der Waals surface area (Å²) in [4.78, 5) is 25.2. The van der Waals surface area contributed by atoms with Crippen LogP contribution in [0.5, 0.6) is 23.0 Å². The Hall–Kier alpha value is -4.62. The molecule has 4 aromatic heterocycles. The minimum Gasteiger partial charge on any atom is -0.493 e. The largest absolute Gasteiger partial charge is 0.493 e. The fraction of sp³-hybridized carbons (Fsp3) is 0.200. The first-order valence-electron chi connectivity index (χ1n) is 13.2. The first-order valence-corrected chi connectivity index (χ1v) is 15.2. The van der Waals surface area contributed by atoms with Crippen molar-refractivity contribution < 1.29 is 18.9 Å². The zero-order valence-corrected chi connectivity index (χ0v) is 25.6. The molecule has 0 saturated heterocycles. The van der Waals surface area contributed by atoms with Gasteiger partial charge in [-0.15, -0.1) is 0 Å². The molecule has 3 N–H and O–H groups in total. The van der Waals surface area contributed by atoms with E-state index in [0.717, 1.165) is 55.1 Å². The van der Waals surface area contributed by atoms with Crippen LogP contribution in [0.25, 0.3) is 22.1 Å². The van der Waals surface area contributed by atoms with Gasteiger partial charge in [0.1, 0.15) is 0 Å². The molecule has 13 heteroatoms. The monoisotopic (exact) mass is 615 g/mol. The summed E-state index contributed by atoms with van der Waals surface area (Å²) in [6.07, 6.45) is 3.43. The summed E-state index contributed by atoms with van der Waals surface area (Å²) in [5, 5.41) is 5.08. The summed E-state index contributed by atoms with van der Waals surface area (Å²) >= 11 is 3.10. The Bertz CT molecular complexity index is 1760. The second-order valence-corrected chi connectivity index (χ2v) is 11.2. The molecule has 0 aliphatic rings. The van der Waals surface area contributed by atoms with E-state index in [1.54, 1.807) is 76.5 Å². The second kappa shape index (κ2) is 12.7. The average molecular weight is 616 g/mol. The van der Waals surface area contributed by atoms with Gasteiger partial charge in [-0.2, -0.15) is 0 Å². The molecule has 4 heterocycles. The molecular weight excluding hydrogens is 587 g/mol. The molecule has 0 atom stereocenters. The summed E-state index contributed by atoms with van der Waals surface area (Å²) in [5.74, 6) is 3.74. The number of hydrogen-bond donors (Lipinski definition) is 3. The number of fused-ring (bicyclic) bond motifs is 2. The van der Waals surface area contributed by atoms with Gasteiger partial charge in [0.05, 0.1) is 61.9 Å². The van der Waals surface area contributed by atoms with E-state index in [2.05, 4.69) is 25.3 Å². The van der Waals surface area contributed by atoms with E-state index >= 15 is 0 Å². The van der Waals surface area contributed by atoms with Gasteiger partial charge in [0.2, 0.25) is 0 Å². The van der Waals surface area contributed by atoms with E-state index in [9.17, 15) is 0 Å². The lowest BCUT2D eigenvalue weighted by molar-refractivity contribution is 0.350. The maximum absolute atomic E-state index is 5.50. The molecule has 0 fully saturated rings. The molecule has 0 unspecified atom stereocenters. The van der Waals surface area contributed by atoms with Crippen molar-refractivity contribution in [2.24, 2.45) is 0 Å². The molecule has 0 spiro atoms. The molecule has 0 aliphatic heterocycles. The van der Waals surface area contributed by atoms with Crippen LogP contribution in [0, 0.1) is 0 Å². The SMILES string of the molecule is COc1ccnc(CSc2nc3ccc(Nc4ccc5nc(SCc6nccc(OC)c6OC)[nH]c5c4)cc3[nH]2)c1OC. The quantitative estimate of drug-likeness (QED) is 0.129. The normalized spacial score (nSPS) is 11.2. The van der Waals surface area contributed by atoms with Crippen LogP contribution in [0.15, 0.2) is 71.2 Å². The van der Waals surface area contributed by atoms with Crippen LogP contribution < -0.4 is 24.3 Å². The van der Waals surface area contributed by atoms with Crippen LogP contribution >= 0.6 is 23.5 Å². The van der Waals surface area contributed by atoms with E-state index in [1.165, 1.54) is 0 Å². The first-order chi connectivity index (χ1) is 21.1. The van der Waals surface area contributed by atoms with E-state index in [0.29, 0.717) is 34.5 Å². The molecule has 11 nitrogen and oxygen atoms in total. The molecule has 0 amide bonds. The predicted molar refractivity (Wildman–Crippen MR) is 169 cm³/mol. The first kappa shape index (κ1) is 28.5. The molecule has 220 valence electrons. The summed E-state index contributed by atoms with van der Waals surface area (Å²) in [7, 11) is 6.46. The molecule has 0 bridgehead atoms. The number of H-pyrrole nitrogens is 2. The Balaban J connectivity index is 1.13. The van der Waals surface area contributed by atoms with Crippen molar-refractivity contribution in [1.29, 1.82) is 0 Å². The Morgan fingerprint density at radius 1 is 0.628 bits per heavy atom. The highest BCUT2D eigenvalue weighted by Crippen LogP contribution is 2.35. The average Bonchev–Trinajstić information content (AvgIpc) is 3.64. The molecule has 43 heavy (non-hydrogen) atoms. The molecular formula is C30H29N7O4S2. The highest BCUT2D eigenvalue weighted by atomic mass is 32.2. The number of ether oxygens (including phenoxy) is 4. The van der Waals surface area contributed by atoms with Crippen molar-refractivity contribution in [1.82, 2.24) is 29.9 Å². The fourth-order valence-corrected chi connectivity index (χ4v) is 6.26. The minimum absolute atomic E-state index is 0.583. The van der Waals surface area contributed by atoms with Gasteiger partial charge in [-0.3, -0.25) is 9.97 Å². The number of thioether (sulfide) groups is 2.